The predicted molar refractivity (Wildman–Crippen MR) is 67.9 cm³/mol. The molecule has 0 amide bonds. The molecule has 3 rings (SSSR count). The molecule has 1 heterocycles. The topological polar surface area (TPSA) is 41.8 Å². The zero-order valence-corrected chi connectivity index (χ0v) is 9.93. The van der Waals surface area contributed by atoms with E-state index in [0.29, 0.717) is 5.92 Å². The fourth-order valence-electron chi connectivity index (χ4n) is 3.13. The summed E-state index contributed by atoms with van der Waals surface area (Å²) in [6.45, 7) is 5.12. The van der Waals surface area contributed by atoms with Crippen molar-refractivity contribution in [3.63, 3.8) is 0 Å². The summed E-state index contributed by atoms with van der Waals surface area (Å²) < 4.78 is 0. The Kier molecular flexibility index (Phi) is 2.08. The summed E-state index contributed by atoms with van der Waals surface area (Å²) in [6, 6.07) is 4.51. The van der Waals surface area contributed by atoms with Crippen LogP contribution in [-0.4, -0.2) is 11.5 Å². The molecule has 1 atom stereocenters. The largest absolute Gasteiger partial charge is 0.358 e. The molecule has 0 saturated heterocycles. The maximum absolute atomic E-state index is 5.82. The van der Waals surface area contributed by atoms with Crippen LogP contribution < -0.4 is 5.73 Å². The lowest BCUT2D eigenvalue weighted by Crippen LogP contribution is -2.09. The Morgan fingerprint density at radius 2 is 2.19 bits per heavy atom. The number of aryl methyl sites for hydroxylation is 3. The van der Waals surface area contributed by atoms with Gasteiger partial charge in [-0.3, -0.25) is 0 Å². The monoisotopic (exact) mass is 214 g/mol. The summed E-state index contributed by atoms with van der Waals surface area (Å²) >= 11 is 0. The second-order valence-corrected chi connectivity index (χ2v) is 4.99. The molecule has 0 aliphatic heterocycles. The molecule has 1 aromatic carbocycles. The number of H-pyrrole nitrogens is 1. The smallest absolute Gasteiger partial charge is 0.0464 e. The summed E-state index contributed by atoms with van der Waals surface area (Å²) in [5, 5.41) is 1.44. The number of nitrogens with one attached hydrogen (secondary N) is 1. The first-order chi connectivity index (χ1) is 7.70. The Labute approximate surface area is 95.8 Å². The number of hydrogen-bond donors (Lipinski definition) is 2. The van der Waals surface area contributed by atoms with E-state index in [0.717, 1.165) is 6.54 Å². The Morgan fingerprint density at radius 1 is 1.38 bits per heavy atom. The highest BCUT2D eigenvalue weighted by molar-refractivity contribution is 5.89. The fourth-order valence-corrected chi connectivity index (χ4v) is 3.13. The Morgan fingerprint density at radius 3 is 2.94 bits per heavy atom. The van der Waals surface area contributed by atoms with Gasteiger partial charge < -0.3 is 10.7 Å². The number of nitrogens with two attached hydrogens (primary N) is 1. The first kappa shape index (κ1) is 9.91. The predicted octanol–water partition coefficient (Wildman–Crippen LogP) is 2.77. The third-order valence-electron chi connectivity index (χ3n) is 3.81. The standard InChI is InChI=1S/C14H18N2/c1-8-5-9(2)13-11-4-3-10(7-15)14(11)16-12(13)6-8/h5-6,10,16H,3-4,7,15H2,1-2H3. The van der Waals surface area contributed by atoms with E-state index in [4.69, 9.17) is 5.73 Å². The first-order valence-electron chi connectivity index (χ1n) is 6.02. The van der Waals surface area contributed by atoms with Crippen molar-refractivity contribution in [1.82, 2.24) is 4.98 Å². The molecule has 1 aliphatic rings. The van der Waals surface area contributed by atoms with Crippen molar-refractivity contribution >= 4 is 10.9 Å². The van der Waals surface area contributed by atoms with Gasteiger partial charge in [-0.15, -0.1) is 0 Å². The zero-order chi connectivity index (χ0) is 11.3. The highest BCUT2D eigenvalue weighted by Gasteiger charge is 2.26. The van der Waals surface area contributed by atoms with Crippen molar-refractivity contribution in [3.05, 3.63) is 34.5 Å². The van der Waals surface area contributed by atoms with Gasteiger partial charge in [0.2, 0.25) is 0 Å². The molecule has 16 heavy (non-hydrogen) atoms. The van der Waals surface area contributed by atoms with Gasteiger partial charge in [0.25, 0.3) is 0 Å². The lowest BCUT2D eigenvalue weighted by molar-refractivity contribution is 0.675. The van der Waals surface area contributed by atoms with Crippen LogP contribution in [0.15, 0.2) is 12.1 Å². The average molecular weight is 214 g/mol. The number of rotatable bonds is 1. The van der Waals surface area contributed by atoms with E-state index in [1.54, 1.807) is 0 Å². The first-order valence-corrected chi connectivity index (χ1v) is 6.02. The van der Waals surface area contributed by atoms with Gasteiger partial charge in [0.15, 0.2) is 0 Å². The van der Waals surface area contributed by atoms with E-state index in [1.807, 2.05) is 0 Å². The van der Waals surface area contributed by atoms with Crippen LogP contribution in [-0.2, 0) is 6.42 Å². The van der Waals surface area contributed by atoms with Crippen LogP contribution in [0.5, 0.6) is 0 Å². The highest BCUT2D eigenvalue weighted by atomic mass is 14.8. The van der Waals surface area contributed by atoms with E-state index >= 15 is 0 Å². The third kappa shape index (κ3) is 1.23. The van der Waals surface area contributed by atoms with Crippen molar-refractivity contribution in [2.75, 3.05) is 6.54 Å². The summed E-state index contributed by atoms with van der Waals surface area (Å²) in [5.41, 5.74) is 12.7. The van der Waals surface area contributed by atoms with Gasteiger partial charge in [0.05, 0.1) is 0 Å². The molecule has 2 heteroatoms. The minimum Gasteiger partial charge on any atom is -0.358 e. The number of fused-ring (bicyclic) bond motifs is 3. The third-order valence-corrected chi connectivity index (χ3v) is 3.81. The van der Waals surface area contributed by atoms with E-state index in [1.165, 1.54) is 46.1 Å². The molecule has 0 spiro atoms. The quantitative estimate of drug-likeness (QED) is 0.753. The van der Waals surface area contributed by atoms with Crippen LogP contribution in [0.25, 0.3) is 10.9 Å². The minimum atomic E-state index is 0.544. The number of hydrogen-bond acceptors (Lipinski definition) is 1. The zero-order valence-electron chi connectivity index (χ0n) is 9.93. The molecule has 0 radical (unpaired) electrons. The number of aromatic nitrogens is 1. The van der Waals surface area contributed by atoms with Gasteiger partial charge in [0.1, 0.15) is 0 Å². The molecular weight excluding hydrogens is 196 g/mol. The van der Waals surface area contributed by atoms with Crippen LogP contribution in [0, 0.1) is 13.8 Å². The van der Waals surface area contributed by atoms with E-state index in [-0.39, 0.29) is 0 Å². The fraction of sp³-hybridized carbons (Fsp3) is 0.429. The number of aromatic amines is 1. The molecule has 1 aromatic heterocycles. The molecule has 3 N–H and O–H groups in total. The second-order valence-electron chi connectivity index (χ2n) is 4.99. The molecule has 0 saturated carbocycles. The highest BCUT2D eigenvalue weighted by Crippen LogP contribution is 2.38. The molecule has 1 unspecified atom stereocenters. The molecule has 84 valence electrons. The summed E-state index contributed by atoms with van der Waals surface area (Å²) in [4.78, 5) is 3.58. The van der Waals surface area contributed by atoms with Gasteiger partial charge in [-0.2, -0.15) is 0 Å². The van der Waals surface area contributed by atoms with Crippen LogP contribution in [0.2, 0.25) is 0 Å². The second kappa shape index (κ2) is 3.36. The SMILES string of the molecule is Cc1cc(C)c2c3c([nH]c2c1)C(CN)CC3. The molecule has 1 aliphatic carbocycles. The van der Waals surface area contributed by atoms with E-state index in [2.05, 4.69) is 31.0 Å². The molecule has 2 aromatic rings. The van der Waals surface area contributed by atoms with Crippen molar-refractivity contribution < 1.29 is 0 Å². The van der Waals surface area contributed by atoms with Crippen LogP contribution in [0.1, 0.15) is 34.7 Å². The van der Waals surface area contributed by atoms with Gasteiger partial charge in [0, 0.05) is 29.1 Å². The van der Waals surface area contributed by atoms with Crippen molar-refractivity contribution in [3.8, 4) is 0 Å². The van der Waals surface area contributed by atoms with Gasteiger partial charge in [-0.1, -0.05) is 6.07 Å². The summed E-state index contributed by atoms with van der Waals surface area (Å²) in [6.07, 6.45) is 2.39. The molecular formula is C14H18N2. The Balaban J connectivity index is 2.31. The van der Waals surface area contributed by atoms with Gasteiger partial charge >= 0.3 is 0 Å². The molecule has 0 fully saturated rings. The van der Waals surface area contributed by atoms with Gasteiger partial charge in [-0.25, -0.2) is 0 Å². The maximum Gasteiger partial charge on any atom is 0.0464 e. The van der Waals surface area contributed by atoms with E-state index in [9.17, 15) is 0 Å². The summed E-state index contributed by atoms with van der Waals surface area (Å²) in [5.74, 6) is 0.544. The van der Waals surface area contributed by atoms with Crippen LogP contribution in [0.3, 0.4) is 0 Å². The molecule has 2 nitrogen and oxygen atoms in total. The maximum atomic E-state index is 5.82. The van der Waals surface area contributed by atoms with Gasteiger partial charge in [-0.05, 0) is 49.4 Å². The Bertz CT molecular complexity index is 551. The van der Waals surface area contributed by atoms with Crippen molar-refractivity contribution in [2.45, 2.75) is 32.6 Å². The van der Waals surface area contributed by atoms with Crippen LogP contribution >= 0.6 is 0 Å². The van der Waals surface area contributed by atoms with Crippen molar-refractivity contribution in [1.29, 1.82) is 0 Å². The Hall–Kier alpha value is -1.28. The van der Waals surface area contributed by atoms with Crippen molar-refractivity contribution in [2.24, 2.45) is 5.73 Å². The minimum absolute atomic E-state index is 0.544. The number of benzene rings is 1. The normalized spacial score (nSPS) is 19.3. The average Bonchev–Trinajstić information content (AvgIpc) is 2.74. The molecule has 0 bridgehead atoms. The van der Waals surface area contributed by atoms with Crippen LogP contribution in [0.4, 0.5) is 0 Å². The lowest BCUT2D eigenvalue weighted by atomic mass is 10.0. The van der Waals surface area contributed by atoms with E-state index < -0.39 is 0 Å². The summed E-state index contributed by atoms with van der Waals surface area (Å²) in [7, 11) is 0. The lowest BCUT2D eigenvalue weighted by Gasteiger charge is -2.04.